The molecule has 0 aromatic heterocycles. The zero-order valence-corrected chi connectivity index (χ0v) is 13.0. The fraction of sp³-hybridized carbons (Fsp3) is 0.118. The van der Waals surface area contributed by atoms with Crippen LogP contribution in [-0.2, 0) is 9.53 Å². The van der Waals surface area contributed by atoms with Gasteiger partial charge in [-0.05, 0) is 29.8 Å². The SMILES string of the molecule is COCOc1ccc(/C=C/C(=O)Nc2cccc([N+](=O)[O-])c2)cc1. The van der Waals surface area contributed by atoms with E-state index in [1.165, 1.54) is 31.4 Å². The number of anilines is 1. The standard InChI is InChI=1S/C17H16N2O5/c1-23-12-24-16-8-5-13(6-9-16)7-10-17(20)18-14-3-2-4-15(11-14)19(21)22/h2-11H,12H2,1H3,(H,18,20)/b10-7+. The normalized spacial score (nSPS) is 10.5. The first-order valence-electron chi connectivity index (χ1n) is 7.04. The predicted octanol–water partition coefficient (Wildman–Crippen LogP) is 3.23. The van der Waals surface area contributed by atoms with Crippen LogP contribution in [0.1, 0.15) is 5.56 Å². The Morgan fingerprint density at radius 2 is 2.00 bits per heavy atom. The van der Waals surface area contributed by atoms with Gasteiger partial charge in [0.05, 0.1) is 4.92 Å². The van der Waals surface area contributed by atoms with Gasteiger partial charge in [0.2, 0.25) is 5.91 Å². The van der Waals surface area contributed by atoms with E-state index in [1.54, 1.807) is 36.4 Å². The van der Waals surface area contributed by atoms with Gasteiger partial charge in [0.15, 0.2) is 6.79 Å². The van der Waals surface area contributed by atoms with Crippen LogP contribution in [0.4, 0.5) is 11.4 Å². The second-order valence-electron chi connectivity index (χ2n) is 4.75. The number of benzene rings is 2. The van der Waals surface area contributed by atoms with Crippen LogP contribution in [0.25, 0.3) is 6.08 Å². The predicted molar refractivity (Wildman–Crippen MR) is 89.7 cm³/mol. The molecule has 0 radical (unpaired) electrons. The summed E-state index contributed by atoms with van der Waals surface area (Å²) in [6.45, 7) is 0.167. The Balaban J connectivity index is 1.95. The molecule has 2 rings (SSSR count). The number of ether oxygens (including phenoxy) is 2. The molecule has 0 aliphatic heterocycles. The number of rotatable bonds is 7. The van der Waals surface area contributed by atoms with Crippen molar-refractivity contribution in [2.45, 2.75) is 0 Å². The Bertz CT molecular complexity index is 741. The van der Waals surface area contributed by atoms with E-state index in [0.29, 0.717) is 11.4 Å². The van der Waals surface area contributed by atoms with Crippen molar-refractivity contribution >= 4 is 23.4 Å². The zero-order chi connectivity index (χ0) is 17.4. The summed E-state index contributed by atoms with van der Waals surface area (Å²) < 4.78 is 10.1. The molecule has 0 fully saturated rings. The number of nitro benzene ring substituents is 1. The lowest BCUT2D eigenvalue weighted by Crippen LogP contribution is -2.07. The van der Waals surface area contributed by atoms with E-state index < -0.39 is 4.92 Å². The first kappa shape index (κ1) is 17.2. The highest BCUT2D eigenvalue weighted by Gasteiger charge is 2.06. The molecule has 0 heterocycles. The molecule has 0 aliphatic carbocycles. The molecule has 1 N–H and O–H groups in total. The average Bonchev–Trinajstić information content (AvgIpc) is 2.59. The highest BCUT2D eigenvalue weighted by Crippen LogP contribution is 2.17. The molecule has 0 spiro atoms. The fourth-order valence-electron chi connectivity index (χ4n) is 1.86. The van der Waals surface area contributed by atoms with Crippen molar-refractivity contribution in [3.63, 3.8) is 0 Å². The van der Waals surface area contributed by atoms with Crippen LogP contribution >= 0.6 is 0 Å². The van der Waals surface area contributed by atoms with Gasteiger partial charge in [0, 0.05) is 31.0 Å². The molecule has 2 aromatic rings. The van der Waals surface area contributed by atoms with E-state index >= 15 is 0 Å². The van der Waals surface area contributed by atoms with Crippen LogP contribution in [0, 0.1) is 10.1 Å². The number of amides is 1. The third-order valence-corrected chi connectivity index (χ3v) is 2.98. The summed E-state index contributed by atoms with van der Waals surface area (Å²) >= 11 is 0. The van der Waals surface area contributed by atoms with Gasteiger partial charge in [-0.1, -0.05) is 18.2 Å². The number of nitro groups is 1. The third kappa shape index (κ3) is 5.22. The first-order valence-corrected chi connectivity index (χ1v) is 7.04. The summed E-state index contributed by atoms with van der Waals surface area (Å²) in [5, 5.41) is 13.3. The van der Waals surface area contributed by atoms with Gasteiger partial charge < -0.3 is 14.8 Å². The number of carbonyl (C=O) groups excluding carboxylic acids is 1. The summed E-state index contributed by atoms with van der Waals surface area (Å²) in [7, 11) is 1.54. The summed E-state index contributed by atoms with van der Waals surface area (Å²) in [6.07, 6.45) is 2.98. The van der Waals surface area contributed by atoms with E-state index in [1.807, 2.05) is 0 Å². The minimum absolute atomic E-state index is 0.0802. The second kappa shape index (κ2) is 8.44. The van der Waals surface area contributed by atoms with Crippen LogP contribution in [0.2, 0.25) is 0 Å². The van der Waals surface area contributed by atoms with Crippen LogP contribution < -0.4 is 10.1 Å². The largest absolute Gasteiger partial charge is 0.468 e. The molecular formula is C17H16N2O5. The maximum absolute atomic E-state index is 11.9. The highest BCUT2D eigenvalue weighted by atomic mass is 16.7. The van der Waals surface area contributed by atoms with Gasteiger partial charge in [-0.2, -0.15) is 0 Å². The third-order valence-electron chi connectivity index (χ3n) is 2.98. The average molecular weight is 328 g/mol. The van der Waals surface area contributed by atoms with Gasteiger partial charge >= 0.3 is 0 Å². The van der Waals surface area contributed by atoms with Crippen molar-refractivity contribution in [3.05, 3.63) is 70.3 Å². The van der Waals surface area contributed by atoms with Crippen LogP contribution in [0.3, 0.4) is 0 Å². The summed E-state index contributed by atoms with van der Waals surface area (Å²) in [4.78, 5) is 22.1. The molecule has 0 unspecified atom stereocenters. The van der Waals surface area contributed by atoms with Crippen molar-refractivity contribution in [2.24, 2.45) is 0 Å². The van der Waals surface area contributed by atoms with Gasteiger partial charge in [-0.25, -0.2) is 0 Å². The number of nitrogens with zero attached hydrogens (tertiary/aromatic N) is 1. The van der Waals surface area contributed by atoms with Crippen LogP contribution in [0.5, 0.6) is 5.75 Å². The summed E-state index contributed by atoms with van der Waals surface area (Å²) in [6, 6.07) is 12.9. The highest BCUT2D eigenvalue weighted by molar-refractivity contribution is 6.02. The van der Waals surface area contributed by atoms with Crippen LogP contribution in [-0.4, -0.2) is 24.7 Å². The van der Waals surface area contributed by atoms with Crippen molar-refractivity contribution < 1.29 is 19.2 Å². The quantitative estimate of drug-likeness (QED) is 0.365. The van der Waals surface area contributed by atoms with Crippen molar-refractivity contribution in [1.82, 2.24) is 0 Å². The lowest BCUT2D eigenvalue weighted by molar-refractivity contribution is -0.384. The molecule has 7 nitrogen and oxygen atoms in total. The number of hydrogen-bond donors (Lipinski definition) is 1. The van der Waals surface area contributed by atoms with E-state index in [9.17, 15) is 14.9 Å². The Labute approximate surface area is 138 Å². The molecule has 7 heteroatoms. The Hall–Kier alpha value is -3.19. The molecule has 0 saturated heterocycles. The summed E-state index contributed by atoms with van der Waals surface area (Å²) in [5.74, 6) is 0.283. The molecule has 0 bridgehead atoms. The number of non-ortho nitro benzene ring substituents is 1. The molecule has 0 aliphatic rings. The Kier molecular flexibility index (Phi) is 6.04. The second-order valence-corrected chi connectivity index (χ2v) is 4.75. The minimum atomic E-state index is -0.515. The molecule has 0 saturated carbocycles. The monoisotopic (exact) mass is 328 g/mol. The lowest BCUT2D eigenvalue weighted by atomic mass is 10.2. The van der Waals surface area contributed by atoms with Gasteiger partial charge in [-0.3, -0.25) is 14.9 Å². The van der Waals surface area contributed by atoms with Crippen LogP contribution in [0.15, 0.2) is 54.6 Å². The molecule has 124 valence electrons. The molecule has 1 amide bonds. The van der Waals surface area contributed by atoms with Crippen molar-refractivity contribution in [3.8, 4) is 5.75 Å². The van der Waals surface area contributed by atoms with Gasteiger partial charge in [-0.15, -0.1) is 0 Å². The fourth-order valence-corrected chi connectivity index (χ4v) is 1.86. The maximum atomic E-state index is 11.9. The van der Waals surface area contributed by atoms with E-state index in [2.05, 4.69) is 5.32 Å². The zero-order valence-electron chi connectivity index (χ0n) is 13.0. The molecule has 24 heavy (non-hydrogen) atoms. The van der Waals surface area contributed by atoms with Crippen molar-refractivity contribution in [1.29, 1.82) is 0 Å². The Morgan fingerprint density at radius 1 is 1.25 bits per heavy atom. The summed E-state index contributed by atoms with van der Waals surface area (Å²) in [5.41, 5.74) is 1.10. The van der Waals surface area contributed by atoms with Crippen molar-refractivity contribution in [2.75, 3.05) is 19.2 Å². The number of carbonyl (C=O) groups is 1. The Morgan fingerprint density at radius 3 is 2.67 bits per heavy atom. The number of hydrogen-bond acceptors (Lipinski definition) is 5. The van der Waals surface area contributed by atoms with E-state index in [0.717, 1.165) is 5.56 Å². The number of methoxy groups -OCH3 is 1. The first-order chi connectivity index (χ1) is 11.6. The minimum Gasteiger partial charge on any atom is -0.468 e. The molecule has 0 atom stereocenters. The van der Waals surface area contributed by atoms with Gasteiger partial charge in [0.25, 0.3) is 5.69 Å². The molecular weight excluding hydrogens is 312 g/mol. The number of nitrogens with one attached hydrogen (secondary N) is 1. The van der Waals surface area contributed by atoms with Gasteiger partial charge in [0.1, 0.15) is 5.75 Å². The molecule has 2 aromatic carbocycles. The van der Waals surface area contributed by atoms with E-state index in [4.69, 9.17) is 9.47 Å². The topological polar surface area (TPSA) is 90.7 Å². The van der Waals surface area contributed by atoms with E-state index in [-0.39, 0.29) is 18.4 Å². The maximum Gasteiger partial charge on any atom is 0.271 e. The smallest absolute Gasteiger partial charge is 0.271 e. The lowest BCUT2D eigenvalue weighted by Gasteiger charge is -2.04.